The first-order valence-corrected chi connectivity index (χ1v) is 13.0. The number of nitrogens with one attached hydrogen (secondary N) is 1. The van der Waals surface area contributed by atoms with Gasteiger partial charge in [0.2, 0.25) is 5.91 Å². The molecule has 3 aromatic rings. The van der Waals surface area contributed by atoms with Crippen LogP contribution >= 0.6 is 11.8 Å². The second kappa shape index (κ2) is 12.1. The van der Waals surface area contributed by atoms with Gasteiger partial charge in [-0.05, 0) is 79.9 Å². The second-order valence-electron chi connectivity index (χ2n) is 8.82. The summed E-state index contributed by atoms with van der Waals surface area (Å²) in [4.78, 5) is 32.1. The van der Waals surface area contributed by atoms with Crippen molar-refractivity contribution in [3.63, 3.8) is 0 Å². The van der Waals surface area contributed by atoms with E-state index >= 15 is 0 Å². The fraction of sp³-hybridized carbons (Fsp3) is 0.207. The van der Waals surface area contributed by atoms with Gasteiger partial charge in [0.05, 0.1) is 18.6 Å². The molecule has 0 bridgehead atoms. The minimum atomic E-state index is -2.96. The summed E-state index contributed by atoms with van der Waals surface area (Å²) in [6.07, 6.45) is 1.63. The molecule has 0 aromatic heterocycles. The topological polar surface area (TPSA) is 80.2 Å². The predicted octanol–water partition coefficient (Wildman–Crippen LogP) is 6.34. The van der Waals surface area contributed by atoms with Crippen LogP contribution in [0.1, 0.15) is 22.3 Å². The van der Waals surface area contributed by atoms with Crippen LogP contribution in [0.15, 0.2) is 71.4 Å². The molecule has 2 amide bonds. The number of thioether (sulfide) groups is 1. The van der Waals surface area contributed by atoms with E-state index in [2.05, 4.69) is 15.0 Å². The zero-order valence-corrected chi connectivity index (χ0v) is 22.6. The van der Waals surface area contributed by atoms with Crippen molar-refractivity contribution in [3.8, 4) is 11.5 Å². The molecule has 0 saturated carbocycles. The summed E-state index contributed by atoms with van der Waals surface area (Å²) in [6, 6.07) is 16.8. The number of alkyl halides is 2. The Morgan fingerprint density at radius 3 is 2.23 bits per heavy atom. The summed E-state index contributed by atoms with van der Waals surface area (Å²) in [5, 5.41) is 3.24. The van der Waals surface area contributed by atoms with Gasteiger partial charge >= 0.3 is 6.61 Å². The fourth-order valence-electron chi connectivity index (χ4n) is 4.14. The number of carbonyl (C=O) groups is 2. The molecule has 1 aliphatic rings. The Morgan fingerprint density at radius 1 is 1.03 bits per heavy atom. The number of aliphatic imine (C=N–C) groups is 1. The average Bonchev–Trinajstić information content (AvgIpc) is 3.20. The molecule has 0 spiro atoms. The smallest absolute Gasteiger partial charge is 0.387 e. The van der Waals surface area contributed by atoms with E-state index < -0.39 is 12.5 Å². The lowest BCUT2D eigenvalue weighted by Crippen LogP contribution is -2.31. The van der Waals surface area contributed by atoms with Crippen molar-refractivity contribution in [2.75, 3.05) is 23.1 Å². The van der Waals surface area contributed by atoms with Crippen LogP contribution in [0.5, 0.6) is 11.5 Å². The highest BCUT2D eigenvalue weighted by molar-refractivity contribution is 8.14. The van der Waals surface area contributed by atoms with Gasteiger partial charge in [-0.25, -0.2) is 4.99 Å². The van der Waals surface area contributed by atoms with Crippen LogP contribution in [-0.2, 0) is 9.59 Å². The molecule has 0 aliphatic carbocycles. The third-order valence-electron chi connectivity index (χ3n) is 5.84. The lowest BCUT2D eigenvalue weighted by atomic mass is 10.1. The Morgan fingerprint density at radius 2 is 1.64 bits per heavy atom. The molecule has 4 rings (SSSR count). The maximum atomic E-state index is 13.4. The van der Waals surface area contributed by atoms with Gasteiger partial charge in [0.15, 0.2) is 5.17 Å². The summed E-state index contributed by atoms with van der Waals surface area (Å²) in [7, 11) is 1.56. The van der Waals surface area contributed by atoms with Crippen LogP contribution in [-0.4, -0.2) is 36.5 Å². The second-order valence-corrected chi connectivity index (χ2v) is 9.76. The predicted molar refractivity (Wildman–Crippen MR) is 151 cm³/mol. The van der Waals surface area contributed by atoms with Crippen molar-refractivity contribution >= 4 is 46.2 Å². The molecule has 10 heteroatoms. The zero-order chi connectivity index (χ0) is 28.1. The quantitative estimate of drug-likeness (QED) is 0.331. The van der Waals surface area contributed by atoms with Crippen molar-refractivity contribution in [2.24, 2.45) is 4.99 Å². The molecule has 0 atom stereocenters. The van der Waals surface area contributed by atoms with Gasteiger partial charge in [-0.1, -0.05) is 41.6 Å². The van der Waals surface area contributed by atoms with Crippen molar-refractivity contribution in [1.82, 2.24) is 0 Å². The summed E-state index contributed by atoms with van der Waals surface area (Å²) in [6.45, 7) is 2.90. The molecule has 7 nitrogen and oxygen atoms in total. The van der Waals surface area contributed by atoms with E-state index in [0.717, 1.165) is 39.7 Å². The molecular weight excluding hydrogens is 524 g/mol. The van der Waals surface area contributed by atoms with Gasteiger partial charge in [0.25, 0.3) is 5.91 Å². The molecule has 0 fully saturated rings. The number of halogens is 2. The van der Waals surface area contributed by atoms with E-state index in [-0.39, 0.29) is 28.3 Å². The standard InChI is InChI=1S/C29H27F2N3O4S/c1-17-13-18(2)26(19(3)14-17)33-25(35)16-39-29-32-24(15-20-5-9-22(37-4)10-6-20)27(36)34(29)21-7-11-23(12-8-21)38-28(30)31/h5-15,28H,16H2,1-4H3,(H,33,35)/b24-15-. The van der Waals surface area contributed by atoms with Gasteiger partial charge in [-0.2, -0.15) is 8.78 Å². The Labute approximate surface area is 229 Å². The molecule has 202 valence electrons. The number of carbonyl (C=O) groups excluding carboxylic acids is 2. The van der Waals surface area contributed by atoms with E-state index in [1.807, 2.05) is 32.9 Å². The number of amidine groups is 1. The lowest BCUT2D eigenvalue weighted by Gasteiger charge is -2.18. The third-order valence-corrected chi connectivity index (χ3v) is 6.78. The van der Waals surface area contributed by atoms with Crippen molar-refractivity contribution in [3.05, 3.63) is 88.6 Å². The number of methoxy groups -OCH3 is 1. The van der Waals surface area contributed by atoms with Crippen LogP contribution < -0.4 is 19.7 Å². The molecule has 0 saturated heterocycles. The normalized spacial score (nSPS) is 14.1. The molecule has 0 unspecified atom stereocenters. The number of aryl methyl sites for hydroxylation is 3. The summed E-state index contributed by atoms with van der Waals surface area (Å²) < 4.78 is 34.8. The van der Waals surface area contributed by atoms with E-state index in [9.17, 15) is 18.4 Å². The van der Waals surface area contributed by atoms with Crippen LogP contribution in [0.4, 0.5) is 20.2 Å². The number of rotatable bonds is 8. The number of amides is 2. The SMILES string of the molecule is COc1ccc(/C=C2\N=C(SCC(=O)Nc3c(C)cc(C)cc3C)N(c3ccc(OC(F)F)cc3)C2=O)cc1. The first-order valence-electron chi connectivity index (χ1n) is 12.0. The molecule has 39 heavy (non-hydrogen) atoms. The largest absolute Gasteiger partial charge is 0.497 e. The van der Waals surface area contributed by atoms with Crippen molar-refractivity contribution in [1.29, 1.82) is 0 Å². The van der Waals surface area contributed by atoms with E-state index in [1.54, 1.807) is 37.5 Å². The number of ether oxygens (including phenoxy) is 2. The molecule has 1 aliphatic heterocycles. The summed E-state index contributed by atoms with van der Waals surface area (Å²) in [5.74, 6) is -0.0336. The molecule has 1 heterocycles. The first kappa shape index (κ1) is 27.8. The Kier molecular flexibility index (Phi) is 8.65. The Hall–Kier alpha value is -4.18. The van der Waals surface area contributed by atoms with Gasteiger partial charge in [-0.15, -0.1) is 0 Å². The van der Waals surface area contributed by atoms with Gasteiger partial charge in [0, 0.05) is 5.69 Å². The van der Waals surface area contributed by atoms with Crippen molar-refractivity contribution in [2.45, 2.75) is 27.4 Å². The van der Waals surface area contributed by atoms with Crippen LogP contribution in [0.2, 0.25) is 0 Å². The molecular formula is C29H27F2N3O4S. The number of hydrogen-bond acceptors (Lipinski definition) is 6. The zero-order valence-electron chi connectivity index (χ0n) is 21.8. The Bertz CT molecular complexity index is 1410. The lowest BCUT2D eigenvalue weighted by molar-refractivity contribution is -0.114. The number of anilines is 2. The molecule has 1 N–H and O–H groups in total. The van der Waals surface area contributed by atoms with Gasteiger partial charge in [-0.3, -0.25) is 14.5 Å². The number of benzene rings is 3. The van der Waals surface area contributed by atoms with Gasteiger partial charge in [0.1, 0.15) is 17.2 Å². The van der Waals surface area contributed by atoms with Crippen LogP contribution in [0.25, 0.3) is 6.08 Å². The van der Waals surface area contributed by atoms with E-state index in [1.165, 1.54) is 29.2 Å². The number of nitrogens with zero attached hydrogens (tertiary/aromatic N) is 2. The summed E-state index contributed by atoms with van der Waals surface area (Å²) in [5.41, 5.74) is 5.07. The van der Waals surface area contributed by atoms with Crippen molar-refractivity contribution < 1.29 is 27.8 Å². The third kappa shape index (κ3) is 6.83. The Balaban J connectivity index is 1.58. The monoisotopic (exact) mass is 551 g/mol. The van der Waals surface area contributed by atoms with Gasteiger partial charge < -0.3 is 14.8 Å². The fourth-order valence-corrected chi connectivity index (χ4v) is 4.95. The van der Waals surface area contributed by atoms with E-state index in [0.29, 0.717) is 11.4 Å². The molecule has 0 radical (unpaired) electrons. The van der Waals surface area contributed by atoms with Crippen LogP contribution in [0.3, 0.4) is 0 Å². The number of hydrogen-bond donors (Lipinski definition) is 1. The minimum absolute atomic E-state index is 0.00222. The first-order chi connectivity index (χ1) is 18.6. The minimum Gasteiger partial charge on any atom is -0.497 e. The maximum absolute atomic E-state index is 13.4. The highest BCUT2D eigenvalue weighted by Crippen LogP contribution is 2.31. The highest BCUT2D eigenvalue weighted by Gasteiger charge is 2.32. The maximum Gasteiger partial charge on any atom is 0.387 e. The summed E-state index contributed by atoms with van der Waals surface area (Å²) >= 11 is 1.10. The van der Waals surface area contributed by atoms with Crippen LogP contribution in [0, 0.1) is 20.8 Å². The average molecular weight is 552 g/mol. The molecule has 3 aromatic carbocycles. The highest BCUT2D eigenvalue weighted by atomic mass is 32.2. The van der Waals surface area contributed by atoms with E-state index in [4.69, 9.17) is 4.74 Å².